The lowest BCUT2D eigenvalue weighted by molar-refractivity contribution is -0.120. The second-order valence-corrected chi connectivity index (χ2v) is 5.96. The number of carbonyl (C=O) groups excluding carboxylic acids is 2. The molecule has 2 atom stereocenters. The van der Waals surface area contributed by atoms with Gasteiger partial charge in [0.25, 0.3) is 5.91 Å². The van der Waals surface area contributed by atoms with Crippen LogP contribution in [0.2, 0.25) is 0 Å². The van der Waals surface area contributed by atoms with E-state index >= 15 is 0 Å². The van der Waals surface area contributed by atoms with Crippen LogP contribution in [-0.2, 0) is 4.79 Å². The maximum absolute atomic E-state index is 12.3. The molecule has 0 aromatic heterocycles. The summed E-state index contributed by atoms with van der Waals surface area (Å²) in [6, 6.07) is 5.40. The van der Waals surface area contributed by atoms with Crippen LogP contribution in [0.15, 0.2) is 18.2 Å². The minimum absolute atomic E-state index is 0.0161. The van der Waals surface area contributed by atoms with Crippen molar-refractivity contribution in [1.29, 1.82) is 0 Å². The van der Waals surface area contributed by atoms with Crippen LogP contribution in [0.3, 0.4) is 0 Å². The molecule has 0 aliphatic carbocycles. The zero-order chi connectivity index (χ0) is 15.6. The Hall–Kier alpha value is -1.88. The minimum Gasteiger partial charge on any atom is -0.345 e. The van der Waals surface area contributed by atoms with Crippen LogP contribution in [-0.4, -0.2) is 43.9 Å². The first kappa shape index (κ1) is 15.5. The molecule has 1 aliphatic rings. The van der Waals surface area contributed by atoms with Gasteiger partial charge in [-0.2, -0.15) is 0 Å². The smallest absolute Gasteiger partial charge is 0.253 e. The van der Waals surface area contributed by atoms with Gasteiger partial charge >= 0.3 is 0 Å². The van der Waals surface area contributed by atoms with Gasteiger partial charge in [0.1, 0.15) is 0 Å². The number of anilines is 1. The highest BCUT2D eigenvalue weighted by Gasteiger charge is 2.29. The Kier molecular flexibility index (Phi) is 4.63. The molecular weight excluding hydrogens is 266 g/mol. The van der Waals surface area contributed by atoms with Crippen LogP contribution in [0.1, 0.15) is 22.8 Å². The van der Waals surface area contributed by atoms with E-state index < -0.39 is 0 Å². The van der Waals surface area contributed by atoms with Gasteiger partial charge in [-0.15, -0.1) is 0 Å². The summed E-state index contributed by atoms with van der Waals surface area (Å²) in [6.07, 6.45) is 0. The highest BCUT2D eigenvalue weighted by atomic mass is 16.2. The average Bonchev–Trinajstić information content (AvgIpc) is 2.86. The van der Waals surface area contributed by atoms with Crippen LogP contribution in [0.25, 0.3) is 0 Å². The third kappa shape index (κ3) is 3.42. The summed E-state index contributed by atoms with van der Waals surface area (Å²) in [4.78, 5) is 25.9. The summed E-state index contributed by atoms with van der Waals surface area (Å²) in [6.45, 7) is 5.58. The molecule has 1 aromatic rings. The molecule has 2 N–H and O–H groups in total. The number of hydrogen-bond acceptors (Lipinski definition) is 3. The van der Waals surface area contributed by atoms with Crippen molar-refractivity contribution in [2.45, 2.75) is 13.8 Å². The van der Waals surface area contributed by atoms with Gasteiger partial charge in [-0.3, -0.25) is 9.59 Å². The normalized spacial score (nSPS) is 21.1. The Morgan fingerprint density at radius 3 is 2.57 bits per heavy atom. The summed E-state index contributed by atoms with van der Waals surface area (Å²) in [7, 11) is 3.43. The van der Waals surface area contributed by atoms with Crippen molar-refractivity contribution in [3.63, 3.8) is 0 Å². The molecule has 0 radical (unpaired) electrons. The quantitative estimate of drug-likeness (QED) is 0.886. The highest BCUT2D eigenvalue weighted by Crippen LogP contribution is 2.22. The molecule has 114 valence electrons. The SMILES string of the molecule is Cc1ccc(C(=O)N(C)C)cc1NC(=O)[C@@H]1CNC[C@H]1C. The van der Waals surface area contributed by atoms with E-state index in [1.165, 1.54) is 4.90 Å². The first-order valence-electron chi connectivity index (χ1n) is 7.24. The molecule has 2 amide bonds. The summed E-state index contributed by atoms with van der Waals surface area (Å²) in [5, 5.41) is 6.19. The number of nitrogens with zero attached hydrogens (tertiary/aromatic N) is 1. The molecule has 1 aliphatic heterocycles. The van der Waals surface area contributed by atoms with Crippen molar-refractivity contribution in [3.8, 4) is 0 Å². The van der Waals surface area contributed by atoms with Crippen LogP contribution < -0.4 is 10.6 Å². The van der Waals surface area contributed by atoms with E-state index in [9.17, 15) is 9.59 Å². The summed E-state index contributed by atoms with van der Waals surface area (Å²) in [5.41, 5.74) is 2.25. The molecular formula is C16H23N3O2. The number of benzene rings is 1. The molecule has 0 unspecified atom stereocenters. The number of hydrogen-bond donors (Lipinski definition) is 2. The molecule has 0 saturated carbocycles. The third-order valence-corrected chi connectivity index (χ3v) is 4.00. The van der Waals surface area contributed by atoms with Crippen molar-refractivity contribution < 1.29 is 9.59 Å². The van der Waals surface area contributed by atoms with E-state index in [0.29, 0.717) is 23.7 Å². The zero-order valence-electron chi connectivity index (χ0n) is 13.1. The van der Waals surface area contributed by atoms with E-state index in [2.05, 4.69) is 17.6 Å². The molecule has 1 heterocycles. The zero-order valence-corrected chi connectivity index (χ0v) is 13.1. The molecule has 5 nitrogen and oxygen atoms in total. The van der Waals surface area contributed by atoms with E-state index in [4.69, 9.17) is 0 Å². The standard InChI is InChI=1S/C16H23N3O2/c1-10-5-6-12(16(21)19(3)4)7-14(10)18-15(20)13-9-17-8-11(13)2/h5-7,11,13,17H,8-9H2,1-4H3,(H,18,20)/t11-,13-/m1/s1. The Labute approximate surface area is 125 Å². The van der Waals surface area contributed by atoms with Crippen molar-refractivity contribution >= 4 is 17.5 Å². The molecule has 1 saturated heterocycles. The number of nitrogens with one attached hydrogen (secondary N) is 2. The predicted molar refractivity (Wildman–Crippen MR) is 83.3 cm³/mol. The third-order valence-electron chi connectivity index (χ3n) is 4.00. The van der Waals surface area contributed by atoms with Crippen LogP contribution in [0.4, 0.5) is 5.69 Å². The fourth-order valence-corrected chi connectivity index (χ4v) is 2.53. The van der Waals surface area contributed by atoms with Crippen LogP contribution in [0.5, 0.6) is 0 Å². The van der Waals surface area contributed by atoms with Crippen LogP contribution in [0, 0.1) is 18.8 Å². The number of amides is 2. The van der Waals surface area contributed by atoms with Gasteiger partial charge in [-0.25, -0.2) is 0 Å². The van der Waals surface area contributed by atoms with Crippen molar-refractivity contribution in [1.82, 2.24) is 10.2 Å². The lowest BCUT2D eigenvalue weighted by atomic mass is 9.97. The fraction of sp³-hybridized carbons (Fsp3) is 0.500. The molecule has 0 spiro atoms. The second-order valence-electron chi connectivity index (χ2n) is 5.96. The average molecular weight is 289 g/mol. The Morgan fingerprint density at radius 1 is 1.29 bits per heavy atom. The first-order chi connectivity index (χ1) is 9.90. The van der Waals surface area contributed by atoms with Gasteiger partial charge in [0.15, 0.2) is 0 Å². The number of carbonyl (C=O) groups is 2. The summed E-state index contributed by atoms with van der Waals surface area (Å²) in [5.74, 6) is 0.265. The van der Waals surface area contributed by atoms with E-state index in [-0.39, 0.29) is 17.7 Å². The van der Waals surface area contributed by atoms with Gasteiger partial charge in [-0.05, 0) is 37.1 Å². The molecule has 2 rings (SSSR count). The largest absolute Gasteiger partial charge is 0.345 e. The van der Waals surface area contributed by atoms with Gasteiger partial charge in [0, 0.05) is 31.9 Å². The van der Waals surface area contributed by atoms with Gasteiger partial charge in [0.05, 0.1) is 5.92 Å². The topological polar surface area (TPSA) is 61.4 Å². The molecule has 0 bridgehead atoms. The first-order valence-corrected chi connectivity index (χ1v) is 7.24. The van der Waals surface area contributed by atoms with E-state index in [0.717, 1.165) is 12.1 Å². The Bertz CT molecular complexity index is 554. The molecule has 1 fully saturated rings. The van der Waals surface area contributed by atoms with Crippen LogP contribution >= 0.6 is 0 Å². The Balaban J connectivity index is 2.17. The van der Waals surface area contributed by atoms with Gasteiger partial charge in [0.2, 0.25) is 5.91 Å². The lowest BCUT2D eigenvalue weighted by Crippen LogP contribution is -2.28. The van der Waals surface area contributed by atoms with E-state index in [1.807, 2.05) is 13.0 Å². The molecule has 21 heavy (non-hydrogen) atoms. The maximum atomic E-state index is 12.3. The highest BCUT2D eigenvalue weighted by molar-refractivity contribution is 5.98. The monoisotopic (exact) mass is 289 g/mol. The van der Waals surface area contributed by atoms with E-state index in [1.54, 1.807) is 26.2 Å². The molecule has 5 heteroatoms. The van der Waals surface area contributed by atoms with Crippen molar-refractivity contribution in [2.75, 3.05) is 32.5 Å². The second kappa shape index (κ2) is 6.26. The fourth-order valence-electron chi connectivity index (χ4n) is 2.53. The summed E-state index contributed by atoms with van der Waals surface area (Å²) < 4.78 is 0. The lowest BCUT2D eigenvalue weighted by Gasteiger charge is -2.17. The predicted octanol–water partition coefficient (Wildman–Crippen LogP) is 1.49. The maximum Gasteiger partial charge on any atom is 0.253 e. The number of aryl methyl sites for hydroxylation is 1. The van der Waals surface area contributed by atoms with Crippen molar-refractivity contribution in [3.05, 3.63) is 29.3 Å². The Morgan fingerprint density at radius 2 is 2.00 bits per heavy atom. The minimum atomic E-state index is -0.0681. The van der Waals surface area contributed by atoms with Gasteiger partial charge in [-0.1, -0.05) is 13.0 Å². The molecule has 1 aromatic carbocycles. The number of rotatable bonds is 3. The van der Waals surface area contributed by atoms with Gasteiger partial charge < -0.3 is 15.5 Å². The van der Waals surface area contributed by atoms with Crippen molar-refractivity contribution in [2.24, 2.45) is 11.8 Å². The summed E-state index contributed by atoms with van der Waals surface area (Å²) >= 11 is 0.